The Labute approximate surface area is 154 Å². The molecule has 1 amide bonds. The number of aryl methyl sites for hydroxylation is 2. The van der Waals surface area contributed by atoms with Crippen LogP contribution in [0.15, 0.2) is 36.4 Å². The third kappa shape index (κ3) is 4.85. The van der Waals surface area contributed by atoms with Crippen LogP contribution in [0, 0.1) is 13.8 Å². The molecule has 0 aliphatic carbocycles. The fourth-order valence-electron chi connectivity index (χ4n) is 2.58. The number of hydrogen-bond donors (Lipinski definition) is 1. The zero-order valence-electron chi connectivity index (χ0n) is 15.9. The average Bonchev–Trinajstić information content (AvgIpc) is 2.61. The molecule has 2 rings (SSSR count). The Bertz CT molecular complexity index is 814. The van der Waals surface area contributed by atoms with E-state index in [1.54, 1.807) is 18.2 Å². The lowest BCUT2D eigenvalue weighted by Gasteiger charge is -2.17. The molecule has 0 bridgehead atoms. The van der Waals surface area contributed by atoms with Crippen LogP contribution in [0.4, 0.5) is 0 Å². The predicted octanol–water partition coefficient (Wildman–Crippen LogP) is 3.77. The average molecular weight is 355 g/mol. The standard InChI is InChI=1S/C21H25NO4/c1-13-6-7-17(10-14(13)2)15(3)22-21(24)12-26-20-11-18(25-5)8-9-19(20)16(4)23/h6-11,15H,12H2,1-5H3,(H,22,24). The van der Waals surface area contributed by atoms with Gasteiger partial charge in [0.25, 0.3) is 5.91 Å². The summed E-state index contributed by atoms with van der Waals surface area (Å²) in [4.78, 5) is 23.9. The van der Waals surface area contributed by atoms with E-state index >= 15 is 0 Å². The van der Waals surface area contributed by atoms with E-state index in [4.69, 9.17) is 9.47 Å². The minimum atomic E-state index is -0.256. The van der Waals surface area contributed by atoms with Gasteiger partial charge in [-0.15, -0.1) is 0 Å². The van der Waals surface area contributed by atoms with Crippen LogP contribution in [0.1, 0.15) is 46.9 Å². The number of rotatable bonds is 7. The number of hydrogen-bond acceptors (Lipinski definition) is 4. The molecule has 0 aromatic heterocycles. The van der Waals surface area contributed by atoms with Gasteiger partial charge in [0.05, 0.1) is 18.7 Å². The molecule has 26 heavy (non-hydrogen) atoms. The van der Waals surface area contributed by atoms with Crippen LogP contribution < -0.4 is 14.8 Å². The summed E-state index contributed by atoms with van der Waals surface area (Å²) in [5.74, 6) is 0.513. The Morgan fingerprint density at radius 2 is 1.81 bits per heavy atom. The van der Waals surface area contributed by atoms with E-state index in [-0.39, 0.29) is 24.3 Å². The molecular weight excluding hydrogens is 330 g/mol. The Morgan fingerprint density at radius 1 is 1.08 bits per heavy atom. The molecule has 1 unspecified atom stereocenters. The second kappa shape index (κ2) is 8.52. The highest BCUT2D eigenvalue weighted by Crippen LogP contribution is 2.25. The van der Waals surface area contributed by atoms with Gasteiger partial charge in [0.2, 0.25) is 0 Å². The highest BCUT2D eigenvalue weighted by atomic mass is 16.5. The lowest BCUT2D eigenvalue weighted by molar-refractivity contribution is -0.123. The van der Waals surface area contributed by atoms with Gasteiger partial charge in [-0.05, 0) is 56.5 Å². The van der Waals surface area contributed by atoms with Crippen molar-refractivity contribution in [1.82, 2.24) is 5.32 Å². The maximum absolute atomic E-state index is 12.2. The summed E-state index contributed by atoms with van der Waals surface area (Å²) >= 11 is 0. The Kier molecular flexibility index (Phi) is 6.39. The van der Waals surface area contributed by atoms with Gasteiger partial charge in [-0.1, -0.05) is 18.2 Å². The van der Waals surface area contributed by atoms with Crippen molar-refractivity contribution >= 4 is 11.7 Å². The monoisotopic (exact) mass is 355 g/mol. The molecule has 0 saturated heterocycles. The highest BCUT2D eigenvalue weighted by Gasteiger charge is 2.14. The number of nitrogens with one attached hydrogen (secondary N) is 1. The molecule has 2 aromatic carbocycles. The Hall–Kier alpha value is -2.82. The van der Waals surface area contributed by atoms with Crippen LogP contribution in [0.3, 0.4) is 0 Å². The molecule has 5 nitrogen and oxygen atoms in total. The van der Waals surface area contributed by atoms with E-state index in [9.17, 15) is 9.59 Å². The lowest BCUT2D eigenvalue weighted by Crippen LogP contribution is -2.31. The van der Waals surface area contributed by atoms with Crippen LogP contribution in [-0.4, -0.2) is 25.4 Å². The summed E-state index contributed by atoms with van der Waals surface area (Å²) in [7, 11) is 1.53. The van der Waals surface area contributed by atoms with Crippen LogP contribution in [0.2, 0.25) is 0 Å². The van der Waals surface area contributed by atoms with Crippen molar-refractivity contribution in [2.45, 2.75) is 33.7 Å². The van der Waals surface area contributed by atoms with Crippen LogP contribution >= 0.6 is 0 Å². The van der Waals surface area contributed by atoms with Gasteiger partial charge in [0.15, 0.2) is 12.4 Å². The fourth-order valence-corrected chi connectivity index (χ4v) is 2.58. The van der Waals surface area contributed by atoms with Crippen molar-refractivity contribution in [3.05, 3.63) is 58.7 Å². The molecule has 0 aliphatic heterocycles. The van der Waals surface area contributed by atoms with E-state index in [0.717, 1.165) is 5.56 Å². The lowest BCUT2D eigenvalue weighted by atomic mass is 10.0. The number of carbonyl (C=O) groups is 2. The summed E-state index contributed by atoms with van der Waals surface area (Å²) in [5.41, 5.74) is 3.85. The zero-order chi connectivity index (χ0) is 19.3. The summed E-state index contributed by atoms with van der Waals surface area (Å²) < 4.78 is 10.7. The number of ketones is 1. The summed E-state index contributed by atoms with van der Waals surface area (Å²) in [6, 6.07) is 10.9. The zero-order valence-corrected chi connectivity index (χ0v) is 15.9. The molecule has 0 fully saturated rings. The van der Waals surface area contributed by atoms with Crippen molar-refractivity contribution in [2.75, 3.05) is 13.7 Å². The number of ether oxygens (including phenoxy) is 2. The minimum Gasteiger partial charge on any atom is -0.497 e. The van der Waals surface area contributed by atoms with E-state index in [0.29, 0.717) is 17.1 Å². The van der Waals surface area contributed by atoms with Gasteiger partial charge >= 0.3 is 0 Å². The molecule has 0 spiro atoms. The van der Waals surface area contributed by atoms with E-state index in [1.165, 1.54) is 25.2 Å². The molecule has 2 aromatic rings. The largest absolute Gasteiger partial charge is 0.497 e. The fraction of sp³-hybridized carbons (Fsp3) is 0.333. The molecule has 5 heteroatoms. The van der Waals surface area contributed by atoms with Crippen LogP contribution in [0.25, 0.3) is 0 Å². The van der Waals surface area contributed by atoms with Crippen molar-refractivity contribution in [3.8, 4) is 11.5 Å². The molecular formula is C21H25NO4. The van der Waals surface area contributed by atoms with Gasteiger partial charge in [-0.2, -0.15) is 0 Å². The molecule has 0 saturated carbocycles. The first-order valence-electron chi connectivity index (χ1n) is 8.50. The van der Waals surface area contributed by atoms with Gasteiger partial charge in [0, 0.05) is 6.07 Å². The number of amides is 1. The van der Waals surface area contributed by atoms with Crippen molar-refractivity contribution in [2.24, 2.45) is 0 Å². The predicted molar refractivity (Wildman–Crippen MR) is 101 cm³/mol. The second-order valence-electron chi connectivity index (χ2n) is 6.34. The molecule has 0 radical (unpaired) electrons. The van der Waals surface area contributed by atoms with E-state index in [1.807, 2.05) is 26.0 Å². The van der Waals surface area contributed by atoms with Gasteiger partial charge in [-0.3, -0.25) is 9.59 Å². The maximum atomic E-state index is 12.2. The maximum Gasteiger partial charge on any atom is 0.258 e. The normalized spacial score (nSPS) is 11.6. The minimum absolute atomic E-state index is 0.133. The number of methoxy groups -OCH3 is 1. The molecule has 0 aliphatic rings. The third-order valence-corrected chi connectivity index (χ3v) is 4.34. The van der Waals surface area contributed by atoms with Crippen molar-refractivity contribution in [1.29, 1.82) is 0 Å². The SMILES string of the molecule is COc1ccc(C(C)=O)c(OCC(=O)NC(C)c2ccc(C)c(C)c2)c1. The van der Waals surface area contributed by atoms with Crippen LogP contribution in [-0.2, 0) is 4.79 Å². The van der Waals surface area contributed by atoms with Crippen molar-refractivity contribution < 1.29 is 19.1 Å². The summed E-state index contributed by atoms with van der Waals surface area (Å²) in [6.07, 6.45) is 0. The van der Waals surface area contributed by atoms with Gasteiger partial charge < -0.3 is 14.8 Å². The number of benzene rings is 2. The molecule has 138 valence electrons. The van der Waals surface area contributed by atoms with Crippen LogP contribution in [0.5, 0.6) is 11.5 Å². The Morgan fingerprint density at radius 3 is 2.42 bits per heavy atom. The van der Waals surface area contributed by atoms with E-state index in [2.05, 4.69) is 18.3 Å². The molecule has 0 heterocycles. The second-order valence-corrected chi connectivity index (χ2v) is 6.34. The van der Waals surface area contributed by atoms with E-state index < -0.39 is 0 Å². The smallest absolute Gasteiger partial charge is 0.258 e. The first-order chi connectivity index (χ1) is 12.3. The topological polar surface area (TPSA) is 64.6 Å². The Balaban J connectivity index is 2.02. The quantitative estimate of drug-likeness (QED) is 0.768. The van der Waals surface area contributed by atoms with Crippen molar-refractivity contribution in [3.63, 3.8) is 0 Å². The van der Waals surface area contributed by atoms with Gasteiger partial charge in [0.1, 0.15) is 11.5 Å². The number of carbonyl (C=O) groups excluding carboxylic acids is 2. The molecule has 1 N–H and O–H groups in total. The first kappa shape index (κ1) is 19.5. The summed E-state index contributed by atoms with van der Waals surface area (Å²) in [6.45, 7) is 7.30. The summed E-state index contributed by atoms with van der Waals surface area (Å²) in [5, 5.41) is 2.91. The highest BCUT2D eigenvalue weighted by molar-refractivity contribution is 5.97. The van der Waals surface area contributed by atoms with Gasteiger partial charge in [-0.25, -0.2) is 0 Å². The number of Topliss-reactive ketones (excluding diaryl/α,β-unsaturated/α-hetero) is 1. The molecule has 1 atom stereocenters. The third-order valence-electron chi connectivity index (χ3n) is 4.34. The first-order valence-corrected chi connectivity index (χ1v) is 8.50.